The van der Waals surface area contributed by atoms with E-state index in [2.05, 4.69) is 27.9 Å². The number of nitrogens with one attached hydrogen (secondary N) is 2. The Morgan fingerprint density at radius 3 is 2.96 bits per heavy atom. The van der Waals surface area contributed by atoms with Crippen molar-refractivity contribution in [2.45, 2.75) is 50.7 Å². The van der Waals surface area contributed by atoms with Crippen LogP contribution in [-0.4, -0.2) is 47.2 Å². The molecule has 0 saturated heterocycles. The van der Waals surface area contributed by atoms with Crippen molar-refractivity contribution in [2.75, 3.05) is 13.2 Å². The average Bonchev–Trinajstić information content (AvgIpc) is 3.18. The topological polar surface area (TPSA) is 77.4 Å². The van der Waals surface area contributed by atoms with Crippen molar-refractivity contribution >= 4 is 6.03 Å². The standard InChI is InChI=1S/C20H26N4O3/c1-2-26-18-11-17(19(18)24-9-5-8-22-24)23-20(25)21-12-16-10-14-6-3-4-7-15(14)13-27-16/h3-9,16-19H,2,10-13H2,1H3,(H2,21,23,25)/t16-,17?,18?,19?/m0/s1. The third kappa shape index (κ3) is 3.99. The first-order chi connectivity index (χ1) is 13.2. The largest absolute Gasteiger partial charge is 0.376 e. The number of fused-ring (bicyclic) bond motifs is 1. The van der Waals surface area contributed by atoms with Gasteiger partial charge in [-0.2, -0.15) is 5.10 Å². The van der Waals surface area contributed by atoms with Gasteiger partial charge in [0.25, 0.3) is 0 Å². The average molecular weight is 370 g/mol. The van der Waals surface area contributed by atoms with Crippen LogP contribution in [0.15, 0.2) is 42.7 Å². The summed E-state index contributed by atoms with van der Waals surface area (Å²) in [6.45, 7) is 3.73. The summed E-state index contributed by atoms with van der Waals surface area (Å²) in [4.78, 5) is 12.4. The number of urea groups is 1. The first-order valence-corrected chi connectivity index (χ1v) is 9.58. The molecule has 144 valence electrons. The Labute approximate surface area is 159 Å². The maximum Gasteiger partial charge on any atom is 0.315 e. The highest BCUT2D eigenvalue weighted by atomic mass is 16.5. The van der Waals surface area contributed by atoms with Crippen molar-refractivity contribution in [1.29, 1.82) is 0 Å². The number of amides is 2. The molecule has 0 bridgehead atoms. The lowest BCUT2D eigenvalue weighted by molar-refractivity contribution is -0.0575. The van der Waals surface area contributed by atoms with Gasteiger partial charge in [-0.05, 0) is 30.5 Å². The normalized spacial score (nSPS) is 26.7. The molecule has 7 nitrogen and oxygen atoms in total. The number of aromatic nitrogens is 2. The molecule has 3 unspecified atom stereocenters. The monoisotopic (exact) mass is 370 g/mol. The molecule has 7 heteroatoms. The summed E-state index contributed by atoms with van der Waals surface area (Å²) < 4.78 is 13.5. The van der Waals surface area contributed by atoms with Crippen LogP contribution in [0.3, 0.4) is 0 Å². The van der Waals surface area contributed by atoms with Gasteiger partial charge in [0.1, 0.15) is 0 Å². The first kappa shape index (κ1) is 18.0. The Morgan fingerprint density at radius 1 is 1.33 bits per heavy atom. The van der Waals surface area contributed by atoms with E-state index in [-0.39, 0.29) is 30.3 Å². The molecule has 1 fully saturated rings. The van der Waals surface area contributed by atoms with E-state index in [0.717, 1.165) is 12.8 Å². The Bertz CT molecular complexity index is 764. The van der Waals surface area contributed by atoms with Crippen LogP contribution < -0.4 is 10.6 Å². The van der Waals surface area contributed by atoms with Gasteiger partial charge in [0.2, 0.25) is 0 Å². The zero-order valence-corrected chi connectivity index (χ0v) is 15.5. The molecule has 2 amide bonds. The van der Waals surface area contributed by atoms with Crippen molar-refractivity contribution in [3.8, 4) is 0 Å². The minimum absolute atomic E-state index is 0.00475. The highest BCUT2D eigenvalue weighted by Crippen LogP contribution is 2.34. The van der Waals surface area contributed by atoms with Crippen LogP contribution in [0.2, 0.25) is 0 Å². The van der Waals surface area contributed by atoms with Crippen molar-refractivity contribution < 1.29 is 14.3 Å². The van der Waals surface area contributed by atoms with Gasteiger partial charge >= 0.3 is 6.03 Å². The predicted molar refractivity (Wildman–Crippen MR) is 100 cm³/mol. The number of hydrogen-bond donors (Lipinski definition) is 2. The molecule has 2 aliphatic rings. The highest BCUT2D eigenvalue weighted by Gasteiger charge is 2.44. The quantitative estimate of drug-likeness (QED) is 0.816. The molecular weight excluding hydrogens is 344 g/mol. The lowest BCUT2D eigenvalue weighted by Gasteiger charge is -2.44. The van der Waals surface area contributed by atoms with Gasteiger partial charge in [0.15, 0.2) is 0 Å². The summed E-state index contributed by atoms with van der Waals surface area (Å²) in [5, 5.41) is 10.3. The van der Waals surface area contributed by atoms with E-state index >= 15 is 0 Å². The minimum Gasteiger partial charge on any atom is -0.376 e. The van der Waals surface area contributed by atoms with Gasteiger partial charge in [-0.3, -0.25) is 4.68 Å². The fourth-order valence-corrected chi connectivity index (χ4v) is 3.90. The molecule has 1 aromatic heterocycles. The summed E-state index contributed by atoms with van der Waals surface area (Å²) >= 11 is 0. The van der Waals surface area contributed by atoms with Crippen LogP contribution in [0.5, 0.6) is 0 Å². The lowest BCUT2D eigenvalue weighted by Crippen LogP contribution is -2.59. The van der Waals surface area contributed by atoms with Gasteiger partial charge in [-0.25, -0.2) is 4.79 Å². The minimum atomic E-state index is -0.172. The number of hydrogen-bond acceptors (Lipinski definition) is 4. The summed E-state index contributed by atoms with van der Waals surface area (Å²) in [5.74, 6) is 0. The van der Waals surface area contributed by atoms with E-state index in [1.807, 2.05) is 36.0 Å². The molecule has 4 rings (SSSR count). The number of nitrogens with zero attached hydrogens (tertiary/aromatic N) is 2. The molecule has 27 heavy (non-hydrogen) atoms. The third-order valence-corrected chi connectivity index (χ3v) is 5.34. The summed E-state index contributed by atoms with van der Waals surface area (Å²) in [6.07, 6.45) is 5.36. The Hall–Kier alpha value is -2.38. The zero-order chi connectivity index (χ0) is 18.6. The SMILES string of the molecule is CCOC1CC(NC(=O)NC[C@@H]2Cc3ccccc3CO2)C1n1cccn1. The molecule has 1 aliphatic heterocycles. The Morgan fingerprint density at radius 2 is 2.19 bits per heavy atom. The predicted octanol–water partition coefficient (Wildman–Crippen LogP) is 2.04. The maximum atomic E-state index is 12.4. The second kappa shape index (κ2) is 8.10. The summed E-state index contributed by atoms with van der Waals surface area (Å²) in [7, 11) is 0. The number of carbonyl (C=O) groups excluding carboxylic acids is 1. The van der Waals surface area contributed by atoms with E-state index < -0.39 is 0 Å². The zero-order valence-electron chi connectivity index (χ0n) is 15.5. The number of carbonyl (C=O) groups is 1. The molecule has 4 atom stereocenters. The van der Waals surface area contributed by atoms with Crippen LogP contribution >= 0.6 is 0 Å². The number of benzene rings is 1. The third-order valence-electron chi connectivity index (χ3n) is 5.34. The molecule has 2 heterocycles. The number of ether oxygens (including phenoxy) is 2. The molecule has 0 spiro atoms. The van der Waals surface area contributed by atoms with Gasteiger partial charge in [0.05, 0.1) is 30.9 Å². The van der Waals surface area contributed by atoms with Crippen molar-refractivity contribution in [3.05, 3.63) is 53.9 Å². The highest BCUT2D eigenvalue weighted by molar-refractivity contribution is 5.74. The second-order valence-electron chi connectivity index (χ2n) is 7.07. The van der Waals surface area contributed by atoms with Crippen LogP contribution in [0.25, 0.3) is 0 Å². The van der Waals surface area contributed by atoms with Crippen LogP contribution in [0.1, 0.15) is 30.5 Å². The summed E-state index contributed by atoms with van der Waals surface area (Å²) in [6, 6.07) is 10.0. The Kier molecular flexibility index (Phi) is 5.40. The van der Waals surface area contributed by atoms with E-state index in [0.29, 0.717) is 19.8 Å². The molecular formula is C20H26N4O3. The molecule has 1 aromatic carbocycles. The fourth-order valence-electron chi connectivity index (χ4n) is 3.90. The van der Waals surface area contributed by atoms with E-state index in [1.165, 1.54) is 11.1 Å². The Balaban J connectivity index is 1.27. The van der Waals surface area contributed by atoms with E-state index in [4.69, 9.17) is 9.47 Å². The molecule has 2 aromatic rings. The van der Waals surface area contributed by atoms with Crippen molar-refractivity contribution in [3.63, 3.8) is 0 Å². The van der Waals surface area contributed by atoms with Crippen LogP contribution in [0, 0.1) is 0 Å². The van der Waals surface area contributed by atoms with Gasteiger partial charge in [-0.1, -0.05) is 24.3 Å². The smallest absolute Gasteiger partial charge is 0.315 e. The second-order valence-corrected chi connectivity index (χ2v) is 7.07. The number of rotatable bonds is 6. The van der Waals surface area contributed by atoms with E-state index in [1.54, 1.807) is 6.20 Å². The molecule has 1 aliphatic carbocycles. The fraction of sp³-hybridized carbons (Fsp3) is 0.500. The molecule has 2 N–H and O–H groups in total. The van der Waals surface area contributed by atoms with Gasteiger partial charge in [-0.15, -0.1) is 0 Å². The maximum absolute atomic E-state index is 12.4. The molecule has 1 saturated carbocycles. The van der Waals surface area contributed by atoms with Crippen molar-refractivity contribution in [2.24, 2.45) is 0 Å². The molecule has 0 radical (unpaired) electrons. The lowest BCUT2D eigenvalue weighted by atomic mass is 9.83. The van der Waals surface area contributed by atoms with Crippen molar-refractivity contribution in [1.82, 2.24) is 20.4 Å². The van der Waals surface area contributed by atoms with E-state index in [9.17, 15) is 4.79 Å². The van der Waals surface area contributed by atoms with Crippen LogP contribution in [0.4, 0.5) is 4.79 Å². The van der Waals surface area contributed by atoms with Gasteiger partial charge < -0.3 is 20.1 Å². The summed E-state index contributed by atoms with van der Waals surface area (Å²) in [5.41, 5.74) is 2.53. The van der Waals surface area contributed by atoms with Gasteiger partial charge in [0, 0.05) is 32.0 Å². The van der Waals surface area contributed by atoms with Crippen LogP contribution in [-0.2, 0) is 22.5 Å². The first-order valence-electron chi connectivity index (χ1n) is 9.58.